The van der Waals surface area contributed by atoms with Gasteiger partial charge in [-0.2, -0.15) is 0 Å². The van der Waals surface area contributed by atoms with Gasteiger partial charge in [-0.05, 0) is 31.6 Å². The zero-order valence-electron chi connectivity index (χ0n) is 7.71. The monoisotopic (exact) mass is 172 g/mol. The lowest BCUT2D eigenvalue weighted by Gasteiger charge is -2.22. The first kappa shape index (κ1) is 9.52. The molecular formula is C9H18NO2+. The molecule has 1 aliphatic carbocycles. The summed E-state index contributed by atoms with van der Waals surface area (Å²) in [5, 5.41) is 0. The van der Waals surface area contributed by atoms with Gasteiger partial charge in [0.15, 0.2) is 0 Å². The molecule has 1 aliphatic rings. The van der Waals surface area contributed by atoms with Crippen molar-refractivity contribution in [3.05, 3.63) is 0 Å². The molecule has 0 aromatic rings. The second-order valence-electron chi connectivity index (χ2n) is 3.67. The van der Waals surface area contributed by atoms with Crippen molar-refractivity contribution >= 4 is 5.97 Å². The minimum atomic E-state index is -0.0671. The van der Waals surface area contributed by atoms with Crippen molar-refractivity contribution in [1.82, 2.24) is 0 Å². The maximum absolute atomic E-state index is 10.9. The zero-order valence-corrected chi connectivity index (χ0v) is 7.71. The van der Waals surface area contributed by atoms with Crippen LogP contribution in [0.2, 0.25) is 0 Å². The van der Waals surface area contributed by atoms with Crippen molar-refractivity contribution in [2.24, 2.45) is 5.92 Å². The molecule has 0 aliphatic heterocycles. The van der Waals surface area contributed by atoms with Crippen molar-refractivity contribution in [1.29, 1.82) is 0 Å². The molecule has 12 heavy (non-hydrogen) atoms. The van der Waals surface area contributed by atoms with E-state index in [1.165, 1.54) is 20.0 Å². The van der Waals surface area contributed by atoms with Crippen molar-refractivity contribution < 1.29 is 15.3 Å². The summed E-state index contributed by atoms with van der Waals surface area (Å²) in [6.07, 6.45) is 5.22. The Morgan fingerprint density at radius 1 is 1.42 bits per heavy atom. The third kappa shape index (κ3) is 2.81. The second-order valence-corrected chi connectivity index (χ2v) is 3.67. The summed E-state index contributed by atoms with van der Waals surface area (Å²) >= 11 is 0. The predicted octanol–water partition coefficient (Wildman–Crippen LogP) is 0.350. The molecule has 0 amide bonds. The zero-order chi connectivity index (χ0) is 8.97. The quantitative estimate of drug-likeness (QED) is 0.611. The fourth-order valence-corrected chi connectivity index (χ4v) is 1.75. The summed E-state index contributed by atoms with van der Waals surface area (Å²) in [6.45, 7) is 0. The average molecular weight is 172 g/mol. The van der Waals surface area contributed by atoms with E-state index < -0.39 is 0 Å². The van der Waals surface area contributed by atoms with Gasteiger partial charge in [0.2, 0.25) is 0 Å². The number of esters is 1. The van der Waals surface area contributed by atoms with Crippen LogP contribution in [0.4, 0.5) is 0 Å². The molecule has 1 fully saturated rings. The summed E-state index contributed by atoms with van der Waals surface area (Å²) in [5.74, 6) is 0.484. The van der Waals surface area contributed by atoms with Gasteiger partial charge in [0.05, 0.1) is 13.2 Å². The van der Waals surface area contributed by atoms with Gasteiger partial charge in [0.25, 0.3) is 0 Å². The summed E-state index contributed by atoms with van der Waals surface area (Å²) in [5.41, 5.74) is 4.02. The molecule has 0 spiro atoms. The summed E-state index contributed by atoms with van der Waals surface area (Å²) in [6, 6.07) is 0.610. The highest BCUT2D eigenvalue weighted by atomic mass is 16.5. The molecule has 3 heteroatoms. The number of rotatable bonds is 2. The summed E-state index contributed by atoms with van der Waals surface area (Å²) < 4.78 is 4.63. The minimum absolute atomic E-state index is 0.0671. The van der Waals surface area contributed by atoms with E-state index in [4.69, 9.17) is 0 Å². The number of carbonyl (C=O) groups excluding carboxylic acids is 1. The SMILES string of the molecule is COC(=O)CC1CCC([NH3+])CC1. The fraction of sp³-hybridized carbons (Fsp3) is 0.889. The largest absolute Gasteiger partial charge is 0.469 e. The fourth-order valence-electron chi connectivity index (χ4n) is 1.75. The molecule has 0 aromatic carbocycles. The lowest BCUT2D eigenvalue weighted by atomic mass is 9.84. The third-order valence-electron chi connectivity index (χ3n) is 2.65. The van der Waals surface area contributed by atoms with Crippen LogP contribution < -0.4 is 5.73 Å². The first-order chi connectivity index (χ1) is 5.72. The van der Waals surface area contributed by atoms with E-state index in [-0.39, 0.29) is 5.97 Å². The number of carbonyl (C=O) groups is 1. The van der Waals surface area contributed by atoms with Crippen LogP contribution in [-0.4, -0.2) is 19.1 Å². The van der Waals surface area contributed by atoms with Crippen LogP contribution in [0.3, 0.4) is 0 Å². The van der Waals surface area contributed by atoms with E-state index in [1.807, 2.05) is 0 Å². The molecule has 0 unspecified atom stereocenters. The molecule has 0 atom stereocenters. The highest BCUT2D eigenvalue weighted by molar-refractivity contribution is 5.69. The Kier molecular flexibility index (Phi) is 3.53. The standard InChI is InChI=1S/C9H17NO2/c1-12-9(11)6-7-2-4-8(10)5-3-7/h7-8H,2-6,10H2,1H3/p+1. The molecule has 0 bridgehead atoms. The second kappa shape index (κ2) is 4.45. The molecule has 1 rings (SSSR count). The van der Waals surface area contributed by atoms with Gasteiger partial charge in [0, 0.05) is 6.42 Å². The van der Waals surface area contributed by atoms with Crippen LogP contribution >= 0.6 is 0 Å². The van der Waals surface area contributed by atoms with Crippen LogP contribution in [0, 0.1) is 5.92 Å². The van der Waals surface area contributed by atoms with Gasteiger partial charge in [-0.3, -0.25) is 4.79 Å². The lowest BCUT2D eigenvalue weighted by molar-refractivity contribution is -0.426. The first-order valence-corrected chi connectivity index (χ1v) is 4.62. The normalized spacial score (nSPS) is 29.8. The number of ether oxygens (including phenoxy) is 1. The van der Waals surface area contributed by atoms with Crippen molar-refractivity contribution in [3.63, 3.8) is 0 Å². The Morgan fingerprint density at radius 3 is 2.50 bits per heavy atom. The van der Waals surface area contributed by atoms with Crippen LogP contribution in [0.1, 0.15) is 32.1 Å². The smallest absolute Gasteiger partial charge is 0.305 e. The van der Waals surface area contributed by atoms with Crippen LogP contribution in [0.5, 0.6) is 0 Å². The molecule has 0 saturated heterocycles. The maximum atomic E-state index is 10.9. The Morgan fingerprint density at radius 2 is 2.00 bits per heavy atom. The third-order valence-corrected chi connectivity index (χ3v) is 2.65. The van der Waals surface area contributed by atoms with Gasteiger partial charge < -0.3 is 10.5 Å². The molecule has 3 N–H and O–H groups in total. The van der Waals surface area contributed by atoms with E-state index in [2.05, 4.69) is 10.5 Å². The molecule has 0 aromatic heterocycles. The van der Waals surface area contributed by atoms with E-state index in [9.17, 15) is 4.79 Å². The van der Waals surface area contributed by atoms with Gasteiger partial charge in [0.1, 0.15) is 0 Å². The van der Waals surface area contributed by atoms with E-state index in [1.54, 1.807) is 0 Å². The highest BCUT2D eigenvalue weighted by Crippen LogP contribution is 2.25. The number of hydrogen-bond donors (Lipinski definition) is 1. The number of quaternary nitrogens is 1. The summed E-state index contributed by atoms with van der Waals surface area (Å²) in [7, 11) is 1.45. The molecule has 3 nitrogen and oxygen atoms in total. The Hall–Kier alpha value is -0.570. The average Bonchev–Trinajstić information content (AvgIpc) is 2.09. The first-order valence-electron chi connectivity index (χ1n) is 4.62. The van der Waals surface area contributed by atoms with Gasteiger partial charge in [-0.1, -0.05) is 0 Å². The van der Waals surface area contributed by atoms with E-state index in [0.29, 0.717) is 18.4 Å². The topological polar surface area (TPSA) is 53.9 Å². The number of methoxy groups -OCH3 is 1. The van der Waals surface area contributed by atoms with Crippen LogP contribution in [-0.2, 0) is 9.53 Å². The number of hydrogen-bond acceptors (Lipinski definition) is 2. The van der Waals surface area contributed by atoms with Gasteiger partial charge >= 0.3 is 5.97 Å². The molecule has 0 heterocycles. The molecular weight excluding hydrogens is 154 g/mol. The van der Waals surface area contributed by atoms with Crippen molar-refractivity contribution in [2.45, 2.75) is 38.1 Å². The predicted molar refractivity (Wildman–Crippen MR) is 45.3 cm³/mol. The Bertz CT molecular complexity index is 151. The Labute approximate surface area is 73.3 Å². The van der Waals surface area contributed by atoms with Crippen molar-refractivity contribution in [3.8, 4) is 0 Å². The molecule has 0 radical (unpaired) electrons. The maximum Gasteiger partial charge on any atom is 0.305 e. The van der Waals surface area contributed by atoms with E-state index in [0.717, 1.165) is 12.8 Å². The van der Waals surface area contributed by atoms with Crippen molar-refractivity contribution in [2.75, 3.05) is 7.11 Å². The highest BCUT2D eigenvalue weighted by Gasteiger charge is 2.22. The van der Waals surface area contributed by atoms with E-state index >= 15 is 0 Å². The Balaban J connectivity index is 2.21. The molecule has 1 saturated carbocycles. The lowest BCUT2D eigenvalue weighted by Crippen LogP contribution is -2.61. The van der Waals surface area contributed by atoms with Gasteiger partial charge in [-0.25, -0.2) is 0 Å². The van der Waals surface area contributed by atoms with Gasteiger partial charge in [-0.15, -0.1) is 0 Å². The van der Waals surface area contributed by atoms with Crippen LogP contribution in [0.25, 0.3) is 0 Å². The molecule has 70 valence electrons. The minimum Gasteiger partial charge on any atom is -0.469 e. The van der Waals surface area contributed by atoms with Crippen LogP contribution in [0.15, 0.2) is 0 Å². The summed E-state index contributed by atoms with van der Waals surface area (Å²) in [4.78, 5) is 10.9.